The van der Waals surface area contributed by atoms with Gasteiger partial charge in [0, 0.05) is 106 Å². The van der Waals surface area contributed by atoms with E-state index >= 15 is 0 Å². The molecule has 73 heavy (non-hydrogen) atoms. The Morgan fingerprint density at radius 3 is 1.27 bits per heavy atom. The van der Waals surface area contributed by atoms with Crippen LogP contribution in [-0.2, 0) is 0 Å². The van der Waals surface area contributed by atoms with Crippen LogP contribution < -0.4 is 26.2 Å². The van der Waals surface area contributed by atoms with Crippen molar-refractivity contribution in [2.75, 3.05) is 9.80 Å². The highest BCUT2D eigenvalue weighted by Gasteiger charge is 2.45. The number of anilines is 6. The summed E-state index contributed by atoms with van der Waals surface area (Å²) >= 11 is 5.64. The van der Waals surface area contributed by atoms with Crippen LogP contribution in [0.5, 0.6) is 0 Å². The molecule has 0 saturated carbocycles. The van der Waals surface area contributed by atoms with Gasteiger partial charge in [0.25, 0.3) is 6.71 Å². The normalized spacial score (nSPS) is 13.1. The number of benzene rings is 11. The first-order valence-corrected chi connectivity index (χ1v) is 27.3. The molecule has 7 heteroatoms. The van der Waals surface area contributed by atoms with Crippen LogP contribution in [0.3, 0.4) is 0 Å². The van der Waals surface area contributed by atoms with Crippen LogP contribution in [0.1, 0.15) is 0 Å². The third-order valence-electron chi connectivity index (χ3n) is 15.6. The smallest absolute Gasteiger partial charge is 0.252 e. The van der Waals surface area contributed by atoms with Gasteiger partial charge in [0.15, 0.2) is 0 Å². The number of hydrogen-bond donors (Lipinski definition) is 0. The average molecular weight is 981 g/mol. The molecular weight excluding hydrogens is 944 g/mol. The van der Waals surface area contributed by atoms with E-state index in [0.29, 0.717) is 0 Å². The summed E-state index contributed by atoms with van der Waals surface area (Å²) in [6.45, 7) is -0.110. The van der Waals surface area contributed by atoms with Crippen LogP contribution in [-0.4, -0.2) is 6.71 Å². The van der Waals surface area contributed by atoms with Gasteiger partial charge in [-0.3, -0.25) is 0 Å². The van der Waals surface area contributed by atoms with E-state index < -0.39 is 0 Å². The maximum Gasteiger partial charge on any atom is 0.252 e. The minimum absolute atomic E-state index is 0.110. The highest BCUT2D eigenvalue weighted by molar-refractivity contribution is 7.26. The van der Waals surface area contributed by atoms with E-state index in [1.165, 1.54) is 116 Å². The van der Waals surface area contributed by atoms with Crippen molar-refractivity contribution in [2.45, 2.75) is 0 Å². The standard InChI is InChI=1S/C66H37BN2OS3/c1-3-16-38(17-4-1)44-34-63-48(42-22-9-13-28-61(42)71-63)32-54(44)68-52-24-15-25-53-66(52)67(50-30-46-40-20-7-11-26-58(40)70-59(46)36-56(50)68)51-31-47-41-21-8-12-27-60(41)73-65(47)37-57(51)69(53)55-33-49-43-23-10-14-29-62(43)72-64(49)35-45(55)39-18-5-2-6-19-39/h1-37H. The molecule has 15 aromatic rings. The second kappa shape index (κ2) is 15.0. The Kier molecular flexibility index (Phi) is 8.28. The number of hydrogen-bond acceptors (Lipinski definition) is 6. The molecule has 0 aliphatic carbocycles. The van der Waals surface area contributed by atoms with Gasteiger partial charge in [-0.25, -0.2) is 0 Å². The molecule has 0 spiro atoms. The Balaban J connectivity index is 1.04. The SMILES string of the molecule is c1ccc(-c2cc3sc4ccccc4c3cc2N2c3cc4oc5ccccc5c4cc3B3c4cc5c(cc4N(c4cc6c(cc4-c4ccccc4)sc4ccccc46)c4cccc2c43)sc2ccccc25)cc1. The molecule has 4 aromatic heterocycles. The Bertz CT molecular complexity index is 4530. The first-order chi connectivity index (χ1) is 36.2. The van der Waals surface area contributed by atoms with Crippen molar-refractivity contribution in [2.24, 2.45) is 0 Å². The molecule has 0 unspecified atom stereocenters. The number of thiophene rings is 3. The van der Waals surface area contributed by atoms with E-state index in [-0.39, 0.29) is 6.71 Å². The maximum absolute atomic E-state index is 6.85. The second-order valence-corrected chi connectivity index (χ2v) is 22.7. The Labute approximate surface area is 431 Å². The highest BCUT2D eigenvalue weighted by Crippen LogP contribution is 2.53. The number of furan rings is 1. The molecule has 338 valence electrons. The molecule has 0 atom stereocenters. The third-order valence-corrected chi connectivity index (χ3v) is 19.0. The van der Waals surface area contributed by atoms with E-state index in [2.05, 4.69) is 234 Å². The summed E-state index contributed by atoms with van der Waals surface area (Å²) in [5, 5.41) is 9.95. The summed E-state index contributed by atoms with van der Waals surface area (Å²) in [5.74, 6) is 0. The predicted octanol–water partition coefficient (Wildman–Crippen LogP) is 18.1. The van der Waals surface area contributed by atoms with Crippen LogP contribution in [0, 0.1) is 0 Å². The molecule has 3 nitrogen and oxygen atoms in total. The van der Waals surface area contributed by atoms with Gasteiger partial charge < -0.3 is 14.2 Å². The van der Waals surface area contributed by atoms with Gasteiger partial charge in [0.05, 0.1) is 11.4 Å². The molecule has 0 radical (unpaired) electrons. The van der Waals surface area contributed by atoms with Crippen LogP contribution in [0.4, 0.5) is 34.1 Å². The van der Waals surface area contributed by atoms with E-state index in [1.807, 2.05) is 34.0 Å². The second-order valence-electron chi connectivity index (χ2n) is 19.5. The molecule has 6 heterocycles. The molecule has 0 amide bonds. The van der Waals surface area contributed by atoms with Gasteiger partial charge >= 0.3 is 0 Å². The van der Waals surface area contributed by atoms with Crippen molar-refractivity contribution in [3.63, 3.8) is 0 Å². The molecule has 11 aromatic carbocycles. The molecule has 0 saturated heterocycles. The van der Waals surface area contributed by atoms with Crippen molar-refractivity contribution in [1.82, 2.24) is 0 Å². The van der Waals surface area contributed by atoms with Crippen LogP contribution >= 0.6 is 34.0 Å². The van der Waals surface area contributed by atoms with Gasteiger partial charge in [-0.05, 0) is 99.6 Å². The van der Waals surface area contributed by atoms with Gasteiger partial charge in [-0.1, -0.05) is 152 Å². The first kappa shape index (κ1) is 40.2. The van der Waals surface area contributed by atoms with Crippen LogP contribution in [0.15, 0.2) is 229 Å². The van der Waals surface area contributed by atoms with Gasteiger partial charge in [-0.2, -0.15) is 0 Å². The minimum atomic E-state index is -0.110. The van der Waals surface area contributed by atoms with Gasteiger partial charge in [0.2, 0.25) is 0 Å². The average Bonchev–Trinajstić information content (AvgIpc) is 4.21. The first-order valence-electron chi connectivity index (χ1n) is 24.8. The quantitative estimate of drug-likeness (QED) is 0.164. The molecule has 2 aliphatic heterocycles. The van der Waals surface area contributed by atoms with Crippen molar-refractivity contribution in [3.05, 3.63) is 224 Å². The largest absolute Gasteiger partial charge is 0.456 e. The monoisotopic (exact) mass is 980 g/mol. The highest BCUT2D eigenvalue weighted by atomic mass is 32.1. The molecule has 0 bridgehead atoms. The summed E-state index contributed by atoms with van der Waals surface area (Å²) in [5.41, 5.74) is 17.4. The third kappa shape index (κ3) is 5.70. The lowest BCUT2D eigenvalue weighted by Crippen LogP contribution is -2.61. The van der Waals surface area contributed by atoms with E-state index in [1.54, 1.807) is 0 Å². The lowest BCUT2D eigenvalue weighted by atomic mass is 9.33. The summed E-state index contributed by atoms with van der Waals surface area (Å²) < 4.78 is 14.6. The zero-order chi connectivity index (χ0) is 47.5. The van der Waals surface area contributed by atoms with Crippen molar-refractivity contribution >= 4 is 174 Å². The minimum Gasteiger partial charge on any atom is -0.456 e. The zero-order valence-electron chi connectivity index (χ0n) is 39.0. The lowest BCUT2D eigenvalue weighted by Gasteiger charge is -2.44. The van der Waals surface area contributed by atoms with Gasteiger partial charge in [-0.15, -0.1) is 34.0 Å². The maximum atomic E-state index is 6.85. The molecule has 0 fully saturated rings. The van der Waals surface area contributed by atoms with E-state index in [0.717, 1.165) is 39.0 Å². The summed E-state index contributed by atoms with van der Waals surface area (Å²) in [4.78, 5) is 5.21. The fourth-order valence-corrected chi connectivity index (χ4v) is 15.9. The Hall–Kier alpha value is -8.46. The van der Waals surface area contributed by atoms with E-state index in [4.69, 9.17) is 4.42 Å². The molecule has 17 rings (SSSR count). The van der Waals surface area contributed by atoms with Crippen LogP contribution in [0.25, 0.3) is 105 Å². The van der Waals surface area contributed by atoms with Crippen molar-refractivity contribution < 1.29 is 4.42 Å². The number of fused-ring (bicyclic) bond motifs is 16. The summed E-state index contributed by atoms with van der Waals surface area (Å²) in [6, 6.07) is 84.0. The topological polar surface area (TPSA) is 19.6 Å². The van der Waals surface area contributed by atoms with Crippen LogP contribution in [0.2, 0.25) is 0 Å². The zero-order valence-corrected chi connectivity index (χ0v) is 41.4. The number of para-hydroxylation sites is 1. The molecular formula is C66H37BN2OS3. The summed E-state index contributed by atoms with van der Waals surface area (Å²) in [6.07, 6.45) is 0. The fraction of sp³-hybridized carbons (Fsp3) is 0. The Morgan fingerprint density at radius 2 is 0.726 bits per heavy atom. The number of nitrogens with zero attached hydrogens (tertiary/aromatic N) is 2. The molecule has 2 aliphatic rings. The molecule has 0 N–H and O–H groups in total. The van der Waals surface area contributed by atoms with E-state index in [9.17, 15) is 0 Å². The fourth-order valence-electron chi connectivity index (χ4n) is 12.5. The van der Waals surface area contributed by atoms with Gasteiger partial charge in [0.1, 0.15) is 11.2 Å². The Morgan fingerprint density at radius 1 is 0.288 bits per heavy atom. The predicted molar refractivity (Wildman–Crippen MR) is 317 cm³/mol. The van der Waals surface area contributed by atoms with Crippen molar-refractivity contribution in [3.8, 4) is 22.3 Å². The lowest BCUT2D eigenvalue weighted by molar-refractivity contribution is 0.669. The number of rotatable bonds is 4. The summed E-state index contributed by atoms with van der Waals surface area (Å²) in [7, 11) is 0. The van der Waals surface area contributed by atoms with Crippen molar-refractivity contribution in [1.29, 1.82) is 0 Å².